The average molecular weight is 276 g/mol. The second-order valence-electron chi connectivity index (χ2n) is 6.62. The zero-order valence-electron chi connectivity index (χ0n) is 12.6. The minimum atomic E-state index is 0.0557. The standard InChI is InChI=1S/C16H24N2O2/c1-16(2,3)11-15(19)18-9-6-13(7-10-18)20-14-5-4-8-17-12-14/h4-5,8,12-13H,6-7,9-11H2,1-3H3. The molecule has 4 heteroatoms. The van der Waals surface area contributed by atoms with E-state index in [2.05, 4.69) is 25.8 Å². The summed E-state index contributed by atoms with van der Waals surface area (Å²) in [6, 6.07) is 3.79. The molecule has 0 atom stereocenters. The number of carbonyl (C=O) groups excluding carboxylic acids is 1. The molecule has 1 saturated heterocycles. The summed E-state index contributed by atoms with van der Waals surface area (Å²) in [6.45, 7) is 7.88. The molecule has 0 N–H and O–H groups in total. The number of pyridine rings is 1. The predicted molar refractivity (Wildman–Crippen MR) is 78.5 cm³/mol. The van der Waals surface area contributed by atoms with Crippen LogP contribution in [-0.2, 0) is 4.79 Å². The third-order valence-corrected chi connectivity index (χ3v) is 3.41. The van der Waals surface area contributed by atoms with Gasteiger partial charge in [-0.2, -0.15) is 0 Å². The van der Waals surface area contributed by atoms with E-state index in [9.17, 15) is 4.79 Å². The molecule has 1 fully saturated rings. The maximum Gasteiger partial charge on any atom is 0.223 e. The van der Waals surface area contributed by atoms with Crippen LogP contribution in [0.1, 0.15) is 40.0 Å². The predicted octanol–water partition coefficient (Wildman–Crippen LogP) is 2.89. The van der Waals surface area contributed by atoms with E-state index in [4.69, 9.17) is 4.74 Å². The van der Waals surface area contributed by atoms with Gasteiger partial charge in [-0.15, -0.1) is 0 Å². The van der Waals surface area contributed by atoms with Crippen molar-refractivity contribution in [3.8, 4) is 5.75 Å². The lowest BCUT2D eigenvalue weighted by Gasteiger charge is -2.33. The van der Waals surface area contributed by atoms with Crippen molar-refractivity contribution in [3.05, 3.63) is 24.5 Å². The number of likely N-dealkylation sites (tertiary alicyclic amines) is 1. The Kier molecular flexibility index (Phi) is 4.63. The molecular weight excluding hydrogens is 252 g/mol. The van der Waals surface area contributed by atoms with Crippen molar-refractivity contribution in [2.45, 2.75) is 46.1 Å². The van der Waals surface area contributed by atoms with E-state index < -0.39 is 0 Å². The number of ether oxygens (including phenoxy) is 1. The van der Waals surface area contributed by atoms with Crippen LogP contribution in [0, 0.1) is 5.41 Å². The Hall–Kier alpha value is -1.58. The van der Waals surface area contributed by atoms with Gasteiger partial charge in [-0.25, -0.2) is 0 Å². The van der Waals surface area contributed by atoms with Gasteiger partial charge in [0.15, 0.2) is 0 Å². The quantitative estimate of drug-likeness (QED) is 0.852. The summed E-state index contributed by atoms with van der Waals surface area (Å²) in [5, 5.41) is 0. The molecule has 1 aromatic rings. The SMILES string of the molecule is CC(C)(C)CC(=O)N1CCC(Oc2cccnc2)CC1. The normalized spacial score (nSPS) is 17.1. The van der Waals surface area contributed by atoms with Crippen LogP contribution in [0.4, 0.5) is 0 Å². The summed E-state index contributed by atoms with van der Waals surface area (Å²) in [4.78, 5) is 18.2. The maximum absolute atomic E-state index is 12.2. The van der Waals surface area contributed by atoms with Crippen LogP contribution in [0.2, 0.25) is 0 Å². The summed E-state index contributed by atoms with van der Waals surface area (Å²) in [5.74, 6) is 1.07. The van der Waals surface area contributed by atoms with Crippen LogP contribution in [0.5, 0.6) is 5.75 Å². The van der Waals surface area contributed by atoms with E-state index >= 15 is 0 Å². The van der Waals surface area contributed by atoms with Gasteiger partial charge in [-0.1, -0.05) is 20.8 Å². The van der Waals surface area contributed by atoms with Crippen molar-refractivity contribution in [1.82, 2.24) is 9.88 Å². The number of amides is 1. The van der Waals surface area contributed by atoms with Gasteiger partial charge in [-0.3, -0.25) is 9.78 Å². The van der Waals surface area contributed by atoms with Crippen molar-refractivity contribution in [1.29, 1.82) is 0 Å². The molecule has 20 heavy (non-hydrogen) atoms. The fourth-order valence-electron chi connectivity index (χ4n) is 2.40. The van der Waals surface area contributed by atoms with Crippen LogP contribution >= 0.6 is 0 Å². The fourth-order valence-corrected chi connectivity index (χ4v) is 2.40. The third kappa shape index (κ3) is 4.51. The van der Waals surface area contributed by atoms with Gasteiger partial charge in [0, 0.05) is 38.5 Å². The summed E-state index contributed by atoms with van der Waals surface area (Å²) < 4.78 is 5.88. The van der Waals surface area contributed by atoms with Crippen LogP contribution in [0.15, 0.2) is 24.5 Å². The van der Waals surface area contributed by atoms with Gasteiger partial charge in [-0.05, 0) is 17.5 Å². The highest BCUT2D eigenvalue weighted by atomic mass is 16.5. The Morgan fingerprint density at radius 2 is 2.10 bits per heavy atom. The Morgan fingerprint density at radius 3 is 2.65 bits per heavy atom. The zero-order valence-corrected chi connectivity index (χ0v) is 12.6. The first-order valence-electron chi connectivity index (χ1n) is 7.28. The molecule has 0 radical (unpaired) electrons. The van der Waals surface area contributed by atoms with Crippen LogP contribution < -0.4 is 4.74 Å². The van der Waals surface area contributed by atoms with E-state index in [0.717, 1.165) is 31.7 Å². The van der Waals surface area contributed by atoms with E-state index in [0.29, 0.717) is 6.42 Å². The minimum Gasteiger partial charge on any atom is -0.489 e. The van der Waals surface area contributed by atoms with Gasteiger partial charge in [0.25, 0.3) is 0 Å². The Morgan fingerprint density at radius 1 is 1.40 bits per heavy atom. The summed E-state index contributed by atoms with van der Waals surface area (Å²) in [5.41, 5.74) is 0.0557. The number of nitrogens with zero attached hydrogens (tertiary/aromatic N) is 2. The van der Waals surface area contributed by atoms with Gasteiger partial charge in [0.1, 0.15) is 11.9 Å². The molecule has 1 aromatic heterocycles. The first-order chi connectivity index (χ1) is 9.44. The molecule has 1 amide bonds. The molecule has 1 aliphatic heterocycles. The molecule has 0 aliphatic carbocycles. The van der Waals surface area contributed by atoms with Gasteiger partial charge >= 0.3 is 0 Å². The number of hydrogen-bond acceptors (Lipinski definition) is 3. The lowest BCUT2D eigenvalue weighted by Crippen LogP contribution is -2.42. The van der Waals surface area contributed by atoms with Crippen molar-refractivity contribution in [2.75, 3.05) is 13.1 Å². The van der Waals surface area contributed by atoms with Gasteiger partial charge in [0.05, 0.1) is 6.20 Å². The smallest absolute Gasteiger partial charge is 0.223 e. The van der Waals surface area contributed by atoms with E-state index in [1.807, 2.05) is 17.0 Å². The Balaban J connectivity index is 1.79. The summed E-state index contributed by atoms with van der Waals surface area (Å²) in [7, 11) is 0. The summed E-state index contributed by atoms with van der Waals surface area (Å²) >= 11 is 0. The monoisotopic (exact) mass is 276 g/mol. The minimum absolute atomic E-state index is 0.0557. The van der Waals surface area contributed by atoms with Gasteiger partial charge < -0.3 is 9.64 Å². The van der Waals surface area contributed by atoms with Crippen LogP contribution in [0.3, 0.4) is 0 Å². The van der Waals surface area contributed by atoms with Crippen molar-refractivity contribution in [3.63, 3.8) is 0 Å². The fraction of sp³-hybridized carbons (Fsp3) is 0.625. The van der Waals surface area contributed by atoms with Crippen LogP contribution in [-0.4, -0.2) is 35.0 Å². The molecule has 0 saturated carbocycles. The number of aromatic nitrogens is 1. The molecule has 4 nitrogen and oxygen atoms in total. The van der Waals surface area contributed by atoms with Crippen molar-refractivity contribution in [2.24, 2.45) is 5.41 Å². The molecule has 2 heterocycles. The zero-order chi connectivity index (χ0) is 14.6. The Labute approximate surface area is 121 Å². The lowest BCUT2D eigenvalue weighted by atomic mass is 9.91. The first kappa shape index (κ1) is 14.8. The van der Waals surface area contributed by atoms with Crippen molar-refractivity contribution >= 4 is 5.91 Å². The van der Waals surface area contributed by atoms with Crippen molar-refractivity contribution < 1.29 is 9.53 Å². The van der Waals surface area contributed by atoms with Gasteiger partial charge in [0.2, 0.25) is 5.91 Å². The number of carbonyl (C=O) groups is 1. The second kappa shape index (κ2) is 6.25. The molecule has 0 spiro atoms. The molecule has 0 unspecified atom stereocenters. The molecule has 0 bridgehead atoms. The topological polar surface area (TPSA) is 42.4 Å². The number of rotatable bonds is 3. The highest BCUT2D eigenvalue weighted by molar-refractivity contribution is 5.76. The molecular formula is C16H24N2O2. The average Bonchev–Trinajstić information content (AvgIpc) is 2.39. The highest BCUT2D eigenvalue weighted by Crippen LogP contribution is 2.23. The third-order valence-electron chi connectivity index (χ3n) is 3.41. The number of piperidine rings is 1. The number of hydrogen-bond donors (Lipinski definition) is 0. The molecule has 1 aliphatic rings. The van der Waals surface area contributed by atoms with E-state index in [-0.39, 0.29) is 17.4 Å². The largest absolute Gasteiger partial charge is 0.489 e. The molecule has 2 rings (SSSR count). The summed E-state index contributed by atoms with van der Waals surface area (Å²) in [6.07, 6.45) is 6.06. The van der Waals surface area contributed by atoms with Crippen LogP contribution in [0.25, 0.3) is 0 Å². The Bertz CT molecular complexity index is 432. The van der Waals surface area contributed by atoms with E-state index in [1.54, 1.807) is 12.4 Å². The molecule has 0 aromatic carbocycles. The molecule has 110 valence electrons. The maximum atomic E-state index is 12.2. The second-order valence-corrected chi connectivity index (χ2v) is 6.62. The highest BCUT2D eigenvalue weighted by Gasteiger charge is 2.26. The first-order valence-corrected chi connectivity index (χ1v) is 7.28. The van der Waals surface area contributed by atoms with E-state index in [1.165, 1.54) is 0 Å². The lowest BCUT2D eigenvalue weighted by molar-refractivity contribution is -0.134.